The average Bonchev–Trinajstić information content (AvgIpc) is 3.27. The van der Waals surface area contributed by atoms with Crippen LogP contribution in [0.4, 0.5) is 0 Å². The van der Waals surface area contributed by atoms with Crippen LogP contribution < -0.4 is 0 Å². The molecular weight excluding hydrogens is 316 g/mol. The topological polar surface area (TPSA) is 69.3 Å². The van der Waals surface area contributed by atoms with Gasteiger partial charge in [0.2, 0.25) is 5.91 Å². The first kappa shape index (κ1) is 15.9. The van der Waals surface area contributed by atoms with E-state index >= 15 is 0 Å². The number of piperidine rings is 1. The Morgan fingerprint density at radius 3 is 2.60 bits per heavy atom. The van der Waals surface area contributed by atoms with Gasteiger partial charge in [0, 0.05) is 51.1 Å². The molecule has 4 rings (SSSR count). The molecule has 2 aromatic rings. The molecule has 1 atom stereocenters. The SMILES string of the molecule is CN1C(=O)C[C@H](c2ccncc2)C12CCN(C(=O)c1ccc[nH]1)CC2. The molecule has 130 valence electrons. The van der Waals surface area contributed by atoms with E-state index in [1.165, 1.54) is 0 Å². The van der Waals surface area contributed by atoms with Crippen LogP contribution in [0.3, 0.4) is 0 Å². The van der Waals surface area contributed by atoms with E-state index in [0.717, 1.165) is 18.4 Å². The fraction of sp³-hybridized carbons (Fsp3) is 0.421. The molecule has 4 heterocycles. The lowest BCUT2D eigenvalue weighted by Gasteiger charge is -2.46. The quantitative estimate of drug-likeness (QED) is 0.911. The Labute approximate surface area is 146 Å². The van der Waals surface area contributed by atoms with Gasteiger partial charge in [-0.2, -0.15) is 0 Å². The summed E-state index contributed by atoms with van der Waals surface area (Å²) in [7, 11) is 1.91. The molecule has 2 fully saturated rings. The van der Waals surface area contributed by atoms with E-state index in [1.807, 2.05) is 35.0 Å². The van der Waals surface area contributed by atoms with Crippen LogP contribution in [-0.2, 0) is 4.79 Å². The van der Waals surface area contributed by atoms with Crippen LogP contribution in [0.25, 0.3) is 0 Å². The molecular formula is C19H22N4O2. The van der Waals surface area contributed by atoms with E-state index in [-0.39, 0.29) is 23.3 Å². The van der Waals surface area contributed by atoms with Gasteiger partial charge in [0.1, 0.15) is 5.69 Å². The van der Waals surface area contributed by atoms with Crippen molar-refractivity contribution in [2.75, 3.05) is 20.1 Å². The summed E-state index contributed by atoms with van der Waals surface area (Å²) >= 11 is 0. The Balaban J connectivity index is 1.57. The first-order valence-corrected chi connectivity index (χ1v) is 8.71. The van der Waals surface area contributed by atoms with Crippen LogP contribution >= 0.6 is 0 Å². The first-order valence-electron chi connectivity index (χ1n) is 8.71. The standard InChI is InChI=1S/C19H22N4O2/c1-22-17(24)13-15(14-4-9-20-10-5-14)19(22)6-11-23(12-7-19)18(25)16-3-2-8-21-16/h2-5,8-10,15,21H,6-7,11-13H2,1H3/t15-/m1/s1. The van der Waals surface area contributed by atoms with Gasteiger partial charge in [0.25, 0.3) is 5.91 Å². The van der Waals surface area contributed by atoms with Crippen molar-refractivity contribution in [3.8, 4) is 0 Å². The first-order chi connectivity index (χ1) is 12.1. The van der Waals surface area contributed by atoms with Gasteiger partial charge in [-0.15, -0.1) is 0 Å². The van der Waals surface area contributed by atoms with E-state index in [1.54, 1.807) is 24.7 Å². The third-order valence-corrected chi connectivity index (χ3v) is 5.92. The van der Waals surface area contributed by atoms with Crippen LogP contribution in [0.5, 0.6) is 0 Å². The van der Waals surface area contributed by atoms with Gasteiger partial charge in [0.05, 0.1) is 5.54 Å². The maximum atomic E-state index is 12.6. The highest BCUT2D eigenvalue weighted by Gasteiger charge is 2.52. The second-order valence-electron chi connectivity index (χ2n) is 6.97. The number of nitrogens with zero attached hydrogens (tertiary/aromatic N) is 3. The Morgan fingerprint density at radius 1 is 1.24 bits per heavy atom. The van der Waals surface area contributed by atoms with Gasteiger partial charge in [-0.3, -0.25) is 14.6 Å². The third kappa shape index (κ3) is 2.52. The van der Waals surface area contributed by atoms with Gasteiger partial charge in [0.15, 0.2) is 0 Å². The minimum atomic E-state index is -0.203. The largest absolute Gasteiger partial charge is 0.357 e. The number of amides is 2. The summed E-state index contributed by atoms with van der Waals surface area (Å²) in [4.78, 5) is 35.9. The zero-order chi connectivity index (χ0) is 17.4. The highest BCUT2D eigenvalue weighted by atomic mass is 16.2. The predicted molar refractivity (Wildman–Crippen MR) is 93.0 cm³/mol. The van der Waals surface area contributed by atoms with Gasteiger partial charge in [-0.1, -0.05) is 0 Å². The summed E-state index contributed by atoms with van der Waals surface area (Å²) in [6, 6.07) is 7.66. The van der Waals surface area contributed by atoms with Crippen LogP contribution in [0.1, 0.15) is 41.2 Å². The van der Waals surface area contributed by atoms with Crippen LogP contribution in [0, 0.1) is 0 Å². The van der Waals surface area contributed by atoms with Crippen molar-refractivity contribution >= 4 is 11.8 Å². The molecule has 0 aromatic carbocycles. The number of H-pyrrole nitrogens is 1. The van der Waals surface area contributed by atoms with Gasteiger partial charge < -0.3 is 14.8 Å². The molecule has 2 saturated heterocycles. The summed E-state index contributed by atoms with van der Waals surface area (Å²) in [5, 5.41) is 0. The molecule has 0 aliphatic carbocycles. The van der Waals surface area contributed by atoms with E-state index in [9.17, 15) is 9.59 Å². The highest BCUT2D eigenvalue weighted by Crippen LogP contribution is 2.48. The fourth-order valence-corrected chi connectivity index (χ4v) is 4.42. The van der Waals surface area contributed by atoms with Crippen molar-refractivity contribution in [3.05, 3.63) is 54.1 Å². The van der Waals surface area contributed by atoms with Crippen LogP contribution in [0.15, 0.2) is 42.9 Å². The molecule has 2 aliphatic heterocycles. The van der Waals surface area contributed by atoms with Crippen molar-refractivity contribution in [2.45, 2.75) is 30.7 Å². The third-order valence-electron chi connectivity index (χ3n) is 5.92. The van der Waals surface area contributed by atoms with E-state index in [0.29, 0.717) is 25.2 Å². The molecule has 1 N–H and O–H groups in total. The molecule has 2 aromatic heterocycles. The lowest BCUT2D eigenvalue weighted by Crippen LogP contribution is -2.55. The number of hydrogen-bond acceptors (Lipinski definition) is 3. The molecule has 0 saturated carbocycles. The molecule has 6 nitrogen and oxygen atoms in total. The lowest BCUT2D eigenvalue weighted by atomic mass is 9.74. The summed E-state index contributed by atoms with van der Waals surface area (Å²) in [6.07, 6.45) is 7.47. The Morgan fingerprint density at radius 2 is 1.96 bits per heavy atom. The molecule has 2 amide bonds. The lowest BCUT2D eigenvalue weighted by molar-refractivity contribution is -0.130. The number of likely N-dealkylation sites (N-methyl/N-ethyl adjacent to an activating group) is 1. The van der Waals surface area contributed by atoms with Crippen LogP contribution in [0.2, 0.25) is 0 Å². The highest BCUT2D eigenvalue weighted by molar-refractivity contribution is 5.92. The minimum Gasteiger partial charge on any atom is -0.357 e. The van der Waals surface area contributed by atoms with Gasteiger partial charge >= 0.3 is 0 Å². The van der Waals surface area contributed by atoms with Crippen molar-refractivity contribution in [3.63, 3.8) is 0 Å². The second-order valence-corrected chi connectivity index (χ2v) is 6.97. The summed E-state index contributed by atoms with van der Waals surface area (Å²) in [6.45, 7) is 1.33. The minimum absolute atomic E-state index is 0.0345. The molecule has 0 unspecified atom stereocenters. The zero-order valence-electron chi connectivity index (χ0n) is 14.3. The number of hydrogen-bond donors (Lipinski definition) is 1. The van der Waals surface area contributed by atoms with E-state index in [4.69, 9.17) is 0 Å². The van der Waals surface area contributed by atoms with Gasteiger partial charge in [-0.05, 0) is 42.7 Å². The summed E-state index contributed by atoms with van der Waals surface area (Å²) in [5.41, 5.74) is 1.58. The number of aromatic nitrogens is 2. The zero-order valence-corrected chi connectivity index (χ0v) is 14.3. The van der Waals surface area contributed by atoms with Crippen molar-refractivity contribution in [1.82, 2.24) is 19.8 Å². The molecule has 0 radical (unpaired) electrons. The normalized spacial score (nSPS) is 22.6. The van der Waals surface area contributed by atoms with Crippen molar-refractivity contribution < 1.29 is 9.59 Å². The average molecular weight is 338 g/mol. The smallest absolute Gasteiger partial charge is 0.270 e. The maximum absolute atomic E-state index is 12.6. The molecule has 0 bridgehead atoms. The fourth-order valence-electron chi connectivity index (χ4n) is 4.42. The number of likely N-dealkylation sites (tertiary alicyclic amines) is 2. The van der Waals surface area contributed by atoms with Crippen LogP contribution in [-0.4, -0.2) is 57.3 Å². The van der Waals surface area contributed by atoms with E-state index in [2.05, 4.69) is 9.97 Å². The number of carbonyl (C=O) groups excluding carboxylic acids is 2. The molecule has 25 heavy (non-hydrogen) atoms. The summed E-state index contributed by atoms with van der Waals surface area (Å²) in [5.74, 6) is 0.383. The number of rotatable bonds is 2. The summed E-state index contributed by atoms with van der Waals surface area (Å²) < 4.78 is 0. The molecule has 2 aliphatic rings. The van der Waals surface area contributed by atoms with Crippen molar-refractivity contribution in [2.24, 2.45) is 0 Å². The Kier molecular flexibility index (Phi) is 3.82. The Hall–Kier alpha value is -2.63. The number of nitrogens with one attached hydrogen (secondary N) is 1. The second kappa shape index (κ2) is 6.02. The van der Waals surface area contributed by atoms with E-state index < -0.39 is 0 Å². The predicted octanol–water partition coefficient (Wildman–Crippen LogP) is 2.03. The maximum Gasteiger partial charge on any atom is 0.270 e. The molecule has 1 spiro atoms. The monoisotopic (exact) mass is 338 g/mol. The number of aromatic amines is 1. The number of carbonyl (C=O) groups is 2. The van der Waals surface area contributed by atoms with Crippen molar-refractivity contribution in [1.29, 1.82) is 0 Å². The Bertz CT molecular complexity index is 764. The van der Waals surface area contributed by atoms with Gasteiger partial charge in [-0.25, -0.2) is 0 Å². The number of pyridine rings is 1. The molecule has 6 heteroatoms.